The molecule has 2 aromatic carbocycles. The van der Waals surface area contributed by atoms with Crippen LogP contribution in [-0.2, 0) is 0 Å². The number of benzene rings is 2. The highest BCUT2D eigenvalue weighted by molar-refractivity contribution is 5.24. The van der Waals surface area contributed by atoms with Gasteiger partial charge in [-0.1, -0.05) is 67.6 Å². The van der Waals surface area contributed by atoms with Gasteiger partial charge in [0.1, 0.15) is 0 Å². The monoisotopic (exact) mass is 280 g/mol. The number of nitroso groups, excluding NO2 is 1. The fourth-order valence-corrected chi connectivity index (χ4v) is 3.40. The van der Waals surface area contributed by atoms with Gasteiger partial charge in [-0.2, -0.15) is 0 Å². The Morgan fingerprint density at radius 3 is 2.05 bits per heavy atom. The van der Waals surface area contributed by atoms with Gasteiger partial charge in [0.2, 0.25) is 0 Å². The molecule has 3 rings (SSSR count). The molecule has 0 N–H and O–H groups in total. The highest BCUT2D eigenvalue weighted by Crippen LogP contribution is 2.44. The molecule has 21 heavy (non-hydrogen) atoms. The van der Waals surface area contributed by atoms with Crippen molar-refractivity contribution in [2.24, 2.45) is 11.2 Å². The van der Waals surface area contributed by atoms with Crippen molar-refractivity contribution in [3.63, 3.8) is 0 Å². The molecule has 3 heteroatoms. The molecule has 108 valence electrons. The molecule has 1 saturated heterocycles. The molecule has 1 aliphatic rings. The molecule has 0 radical (unpaired) electrons. The van der Waals surface area contributed by atoms with E-state index in [9.17, 15) is 4.91 Å². The van der Waals surface area contributed by atoms with Gasteiger partial charge in [-0.3, -0.25) is 0 Å². The zero-order valence-corrected chi connectivity index (χ0v) is 12.2. The Balaban J connectivity index is 1.97. The summed E-state index contributed by atoms with van der Waals surface area (Å²) in [6.07, 6.45) is 2.07. The average molecular weight is 280 g/mol. The van der Waals surface area contributed by atoms with Crippen LogP contribution in [0.4, 0.5) is 0 Å². The molecule has 1 fully saturated rings. The second kappa shape index (κ2) is 6.08. The minimum absolute atomic E-state index is 0.0580. The predicted octanol–water partition coefficient (Wildman–Crippen LogP) is 4.88. The second-order valence-corrected chi connectivity index (χ2v) is 5.80. The Hall–Kier alpha value is -2.16. The lowest BCUT2D eigenvalue weighted by atomic mass is 9.82. The molecule has 2 aromatic rings. The third-order valence-electron chi connectivity index (χ3n) is 4.46. The van der Waals surface area contributed by atoms with E-state index in [0.29, 0.717) is 5.92 Å². The van der Waals surface area contributed by atoms with Crippen molar-refractivity contribution in [3.8, 4) is 0 Å². The summed E-state index contributed by atoms with van der Waals surface area (Å²) in [5, 5.41) is 5.16. The first-order valence-corrected chi connectivity index (χ1v) is 7.52. The van der Waals surface area contributed by atoms with Crippen molar-refractivity contribution < 1.29 is 0 Å². The van der Waals surface area contributed by atoms with Crippen LogP contribution in [0.25, 0.3) is 0 Å². The Bertz CT molecular complexity index is 585. The zero-order valence-electron chi connectivity index (χ0n) is 12.2. The average Bonchev–Trinajstić information content (AvgIpc) is 2.56. The standard InChI is InChI=1S/C18H20N2O/c1-14-12-13-17(15-8-4-2-5-9-15)20(19-21)18(14)16-10-6-3-7-11-16/h2-11,14,17-18H,12-13H2,1H3/t14-,17-,18+/m0/s1. The third-order valence-corrected chi connectivity index (χ3v) is 4.46. The van der Waals surface area contributed by atoms with E-state index in [2.05, 4.69) is 36.5 Å². The molecule has 3 atom stereocenters. The lowest BCUT2D eigenvalue weighted by molar-refractivity contribution is 0.0442. The normalized spacial score (nSPS) is 25.6. The van der Waals surface area contributed by atoms with Gasteiger partial charge in [0.25, 0.3) is 0 Å². The maximum atomic E-state index is 11.5. The van der Waals surface area contributed by atoms with Crippen molar-refractivity contribution in [1.82, 2.24) is 5.01 Å². The maximum absolute atomic E-state index is 11.5. The fraction of sp³-hybridized carbons (Fsp3) is 0.333. The van der Waals surface area contributed by atoms with Gasteiger partial charge in [0.05, 0.1) is 17.4 Å². The molecule has 0 aromatic heterocycles. The highest BCUT2D eigenvalue weighted by atomic mass is 16.3. The highest BCUT2D eigenvalue weighted by Gasteiger charge is 2.37. The van der Waals surface area contributed by atoms with E-state index >= 15 is 0 Å². The van der Waals surface area contributed by atoms with Gasteiger partial charge in [-0.25, -0.2) is 5.01 Å². The van der Waals surface area contributed by atoms with E-state index < -0.39 is 0 Å². The van der Waals surface area contributed by atoms with Crippen LogP contribution in [0.1, 0.15) is 43.0 Å². The van der Waals surface area contributed by atoms with Crippen molar-refractivity contribution in [1.29, 1.82) is 0 Å². The van der Waals surface area contributed by atoms with Gasteiger partial charge >= 0.3 is 0 Å². The van der Waals surface area contributed by atoms with Gasteiger partial charge < -0.3 is 0 Å². The summed E-state index contributed by atoms with van der Waals surface area (Å²) in [5.74, 6) is 0.421. The second-order valence-electron chi connectivity index (χ2n) is 5.80. The first kappa shape index (κ1) is 13.8. The molecule has 1 heterocycles. The lowest BCUT2D eigenvalue weighted by Crippen LogP contribution is -2.36. The summed E-state index contributed by atoms with van der Waals surface area (Å²) in [7, 11) is 0. The summed E-state index contributed by atoms with van der Waals surface area (Å²) < 4.78 is 0. The van der Waals surface area contributed by atoms with Crippen molar-refractivity contribution in [2.75, 3.05) is 0 Å². The van der Waals surface area contributed by atoms with Crippen molar-refractivity contribution in [2.45, 2.75) is 31.8 Å². The predicted molar refractivity (Wildman–Crippen MR) is 84.4 cm³/mol. The Morgan fingerprint density at radius 1 is 0.905 bits per heavy atom. The lowest BCUT2D eigenvalue weighted by Gasteiger charge is -2.42. The maximum Gasteiger partial charge on any atom is 0.0784 e. The number of rotatable bonds is 3. The topological polar surface area (TPSA) is 32.7 Å². The summed E-state index contributed by atoms with van der Waals surface area (Å²) in [5.41, 5.74) is 2.34. The molecule has 0 unspecified atom stereocenters. The minimum atomic E-state index is 0.0580. The quantitative estimate of drug-likeness (QED) is 0.750. The Labute approximate surface area is 125 Å². The summed E-state index contributed by atoms with van der Waals surface area (Å²) in [4.78, 5) is 11.5. The van der Waals surface area contributed by atoms with Gasteiger partial charge in [0.15, 0.2) is 0 Å². The third kappa shape index (κ3) is 2.68. The van der Waals surface area contributed by atoms with Crippen LogP contribution in [0.2, 0.25) is 0 Å². The van der Waals surface area contributed by atoms with E-state index in [4.69, 9.17) is 0 Å². The fourth-order valence-electron chi connectivity index (χ4n) is 3.40. The van der Waals surface area contributed by atoms with Crippen LogP contribution in [0.5, 0.6) is 0 Å². The molecule has 3 nitrogen and oxygen atoms in total. The van der Waals surface area contributed by atoms with Crippen LogP contribution in [-0.4, -0.2) is 5.01 Å². The van der Waals surface area contributed by atoms with Gasteiger partial charge in [-0.05, 0) is 29.9 Å². The number of hydrogen-bond donors (Lipinski definition) is 0. The van der Waals surface area contributed by atoms with Gasteiger partial charge in [0, 0.05) is 0 Å². The summed E-state index contributed by atoms with van der Waals surface area (Å²) in [6, 6.07) is 20.6. The molecule has 0 amide bonds. The Morgan fingerprint density at radius 2 is 1.48 bits per heavy atom. The van der Waals surface area contributed by atoms with E-state index in [-0.39, 0.29) is 12.1 Å². The molecule has 0 aliphatic carbocycles. The molecule has 0 spiro atoms. The number of hydrogen-bond acceptors (Lipinski definition) is 2. The van der Waals surface area contributed by atoms with Crippen LogP contribution in [0.15, 0.2) is 65.9 Å². The minimum Gasteiger partial charge on any atom is -0.246 e. The van der Waals surface area contributed by atoms with Crippen LogP contribution in [0, 0.1) is 10.8 Å². The molecule has 0 bridgehead atoms. The summed E-state index contributed by atoms with van der Waals surface area (Å²) >= 11 is 0. The van der Waals surface area contributed by atoms with Crippen LogP contribution in [0.3, 0.4) is 0 Å². The molecule has 0 saturated carbocycles. The number of piperidine rings is 1. The molecule has 1 aliphatic heterocycles. The van der Waals surface area contributed by atoms with Crippen LogP contribution < -0.4 is 0 Å². The molecular weight excluding hydrogens is 260 g/mol. The zero-order chi connectivity index (χ0) is 14.7. The van der Waals surface area contributed by atoms with E-state index in [1.54, 1.807) is 5.01 Å². The summed E-state index contributed by atoms with van der Waals surface area (Å²) in [6.45, 7) is 2.21. The first-order chi connectivity index (χ1) is 10.3. The van der Waals surface area contributed by atoms with Gasteiger partial charge in [-0.15, -0.1) is 4.91 Å². The van der Waals surface area contributed by atoms with E-state index in [1.807, 2.05) is 36.4 Å². The first-order valence-electron chi connectivity index (χ1n) is 7.52. The number of nitrogens with zero attached hydrogens (tertiary/aromatic N) is 2. The Kier molecular flexibility index (Phi) is 4.00. The van der Waals surface area contributed by atoms with E-state index in [0.717, 1.165) is 12.8 Å². The smallest absolute Gasteiger partial charge is 0.0784 e. The van der Waals surface area contributed by atoms with Crippen molar-refractivity contribution in [3.05, 3.63) is 76.7 Å². The van der Waals surface area contributed by atoms with Crippen LogP contribution >= 0.6 is 0 Å². The largest absolute Gasteiger partial charge is 0.246 e. The molecular formula is C18H20N2O. The van der Waals surface area contributed by atoms with Crippen molar-refractivity contribution >= 4 is 0 Å². The van der Waals surface area contributed by atoms with E-state index in [1.165, 1.54) is 11.1 Å². The SMILES string of the molecule is C[C@H]1CC[C@@H](c2ccccc2)N(N=O)[C@H]1c1ccccc1.